The molecular weight excluding hydrogens is 366 g/mol. The molecule has 3 aromatic rings. The summed E-state index contributed by atoms with van der Waals surface area (Å²) in [5.74, 6) is 0.162. The zero-order valence-corrected chi connectivity index (χ0v) is 17.4. The van der Waals surface area contributed by atoms with Crippen molar-refractivity contribution in [1.29, 1.82) is 0 Å². The number of azo groups is 1. The van der Waals surface area contributed by atoms with Gasteiger partial charge in [0.15, 0.2) is 0 Å². The van der Waals surface area contributed by atoms with Gasteiger partial charge in [-0.1, -0.05) is 56.8 Å². The number of aromatic hydroxyl groups is 1. The van der Waals surface area contributed by atoms with Gasteiger partial charge in [0.1, 0.15) is 17.1 Å². The lowest BCUT2D eigenvalue weighted by Gasteiger charge is -2.21. The average Bonchev–Trinajstić information content (AvgIpc) is 2.64. The van der Waals surface area contributed by atoms with Crippen molar-refractivity contribution in [1.82, 2.24) is 0 Å². The van der Waals surface area contributed by atoms with Crippen molar-refractivity contribution in [2.75, 3.05) is 5.73 Å². The number of hydrogen-bond donors (Lipinski definition) is 2. The molecule has 3 N–H and O–H groups in total. The van der Waals surface area contributed by atoms with Crippen molar-refractivity contribution in [2.24, 2.45) is 10.2 Å². The summed E-state index contributed by atoms with van der Waals surface area (Å²) in [5, 5.41) is 19.3. The molecule has 0 atom stereocenters. The van der Waals surface area contributed by atoms with E-state index in [-0.39, 0.29) is 11.2 Å². The van der Waals surface area contributed by atoms with E-state index in [2.05, 4.69) is 43.1 Å². The number of phenols is 1. The van der Waals surface area contributed by atoms with E-state index in [1.807, 2.05) is 55.5 Å². The number of phenolic OH excluding ortho intramolecular Hbond substituents is 1. The third kappa shape index (κ3) is 4.73. The monoisotopic (exact) mass is 391 g/mol. The molecule has 0 aromatic heterocycles. The second-order valence-corrected chi connectivity index (χ2v) is 8.91. The minimum atomic E-state index is -0.189. The molecule has 0 saturated carbocycles. The fraction of sp³-hybridized carbons (Fsp3) is 0.217. The highest BCUT2D eigenvalue weighted by atomic mass is 32.2. The third-order valence-electron chi connectivity index (χ3n) is 4.29. The summed E-state index contributed by atoms with van der Waals surface area (Å²) in [6.45, 7) is 8.17. The summed E-state index contributed by atoms with van der Waals surface area (Å²) in [6, 6.07) is 19.6. The molecule has 28 heavy (non-hydrogen) atoms. The molecule has 0 heterocycles. The fourth-order valence-corrected chi connectivity index (χ4v) is 3.69. The summed E-state index contributed by atoms with van der Waals surface area (Å²) >= 11 is 1.64. The first-order chi connectivity index (χ1) is 13.2. The molecule has 0 fully saturated rings. The minimum Gasteiger partial charge on any atom is -0.505 e. The smallest absolute Gasteiger partial charge is 0.146 e. The summed E-state index contributed by atoms with van der Waals surface area (Å²) in [7, 11) is 0. The highest BCUT2D eigenvalue weighted by molar-refractivity contribution is 7.99. The molecule has 3 rings (SSSR count). The van der Waals surface area contributed by atoms with Crippen LogP contribution in [0.5, 0.6) is 5.75 Å². The molecule has 0 amide bonds. The molecule has 0 radical (unpaired) electrons. The molecule has 0 aliphatic carbocycles. The molecule has 3 aromatic carbocycles. The standard InChI is InChI=1S/C23H25N3OS/c1-15-12-18(23(2,3)4)22(27)21(13-15)26-25-20-14-17(10-11-19(20)24)28-16-8-6-5-7-9-16/h5-14,27H,24H2,1-4H3. The number of aryl methyl sites for hydroxylation is 1. The van der Waals surface area contributed by atoms with Gasteiger partial charge in [0.2, 0.25) is 0 Å². The van der Waals surface area contributed by atoms with Crippen molar-refractivity contribution in [3.63, 3.8) is 0 Å². The number of benzene rings is 3. The summed E-state index contributed by atoms with van der Waals surface area (Å²) < 4.78 is 0. The number of nitrogen functional groups attached to an aromatic ring is 1. The summed E-state index contributed by atoms with van der Waals surface area (Å²) in [4.78, 5) is 2.17. The van der Waals surface area contributed by atoms with Gasteiger partial charge in [-0.2, -0.15) is 0 Å². The van der Waals surface area contributed by atoms with E-state index in [1.165, 1.54) is 0 Å². The number of rotatable bonds is 4. The normalized spacial score (nSPS) is 11.9. The van der Waals surface area contributed by atoms with E-state index >= 15 is 0 Å². The Morgan fingerprint density at radius 1 is 0.857 bits per heavy atom. The zero-order chi connectivity index (χ0) is 20.3. The molecule has 0 spiro atoms. The van der Waals surface area contributed by atoms with E-state index in [1.54, 1.807) is 11.8 Å². The van der Waals surface area contributed by atoms with Gasteiger partial charge >= 0.3 is 0 Å². The lowest BCUT2D eigenvalue weighted by molar-refractivity contribution is 0.447. The van der Waals surface area contributed by atoms with Crippen molar-refractivity contribution < 1.29 is 5.11 Å². The Hall–Kier alpha value is -2.79. The van der Waals surface area contributed by atoms with Crippen LogP contribution in [0.25, 0.3) is 0 Å². The molecule has 0 bridgehead atoms. The minimum absolute atomic E-state index is 0.162. The van der Waals surface area contributed by atoms with Crippen molar-refractivity contribution in [3.8, 4) is 5.75 Å². The largest absolute Gasteiger partial charge is 0.505 e. The number of anilines is 1. The molecule has 5 heteroatoms. The number of nitrogens with two attached hydrogens (primary N) is 1. The van der Waals surface area contributed by atoms with E-state index in [4.69, 9.17) is 5.73 Å². The maximum absolute atomic E-state index is 10.7. The highest BCUT2D eigenvalue weighted by Crippen LogP contribution is 2.40. The Morgan fingerprint density at radius 3 is 2.21 bits per heavy atom. The Bertz CT molecular complexity index is 1010. The molecule has 0 unspecified atom stereocenters. The van der Waals surface area contributed by atoms with Crippen LogP contribution in [0, 0.1) is 6.92 Å². The third-order valence-corrected chi connectivity index (χ3v) is 5.29. The van der Waals surface area contributed by atoms with Crippen LogP contribution >= 0.6 is 11.8 Å². The van der Waals surface area contributed by atoms with E-state index < -0.39 is 0 Å². The first kappa shape index (κ1) is 20.0. The van der Waals surface area contributed by atoms with Gasteiger partial charge in [0.05, 0.1) is 5.69 Å². The van der Waals surface area contributed by atoms with Crippen LogP contribution in [0.4, 0.5) is 17.1 Å². The van der Waals surface area contributed by atoms with Gasteiger partial charge < -0.3 is 10.8 Å². The van der Waals surface area contributed by atoms with Crippen LogP contribution in [0.3, 0.4) is 0 Å². The van der Waals surface area contributed by atoms with Gasteiger partial charge in [0.25, 0.3) is 0 Å². The maximum atomic E-state index is 10.7. The topological polar surface area (TPSA) is 71.0 Å². The maximum Gasteiger partial charge on any atom is 0.146 e. The second kappa shape index (κ2) is 8.07. The summed E-state index contributed by atoms with van der Waals surface area (Å²) in [6.07, 6.45) is 0. The molecular formula is C23H25N3OS. The lowest BCUT2D eigenvalue weighted by Crippen LogP contribution is -2.11. The Kier molecular flexibility index (Phi) is 5.75. The Labute approximate surface area is 170 Å². The number of hydrogen-bond acceptors (Lipinski definition) is 5. The first-order valence-corrected chi connectivity index (χ1v) is 9.94. The van der Waals surface area contributed by atoms with Crippen LogP contribution < -0.4 is 5.73 Å². The quantitative estimate of drug-likeness (QED) is 0.366. The van der Waals surface area contributed by atoms with Gasteiger partial charge in [0, 0.05) is 15.4 Å². The van der Waals surface area contributed by atoms with Crippen molar-refractivity contribution in [3.05, 3.63) is 71.8 Å². The van der Waals surface area contributed by atoms with Crippen LogP contribution in [0.2, 0.25) is 0 Å². The second-order valence-electron chi connectivity index (χ2n) is 7.77. The molecule has 0 aliphatic rings. The van der Waals surface area contributed by atoms with Crippen LogP contribution in [-0.4, -0.2) is 5.11 Å². The van der Waals surface area contributed by atoms with Gasteiger partial charge in [-0.15, -0.1) is 10.2 Å². The molecule has 0 saturated heterocycles. The molecule has 0 aliphatic heterocycles. The lowest BCUT2D eigenvalue weighted by atomic mass is 9.85. The van der Waals surface area contributed by atoms with Crippen molar-refractivity contribution in [2.45, 2.75) is 42.9 Å². The van der Waals surface area contributed by atoms with Crippen LogP contribution in [0.15, 0.2) is 80.7 Å². The van der Waals surface area contributed by atoms with Crippen LogP contribution in [-0.2, 0) is 5.41 Å². The Morgan fingerprint density at radius 2 is 1.54 bits per heavy atom. The predicted molar refractivity (Wildman–Crippen MR) is 117 cm³/mol. The van der Waals surface area contributed by atoms with Gasteiger partial charge in [-0.25, -0.2) is 0 Å². The van der Waals surface area contributed by atoms with E-state index in [0.717, 1.165) is 20.9 Å². The molecule has 4 nitrogen and oxygen atoms in total. The average molecular weight is 392 g/mol. The Balaban J connectivity index is 1.92. The first-order valence-electron chi connectivity index (χ1n) is 9.12. The van der Waals surface area contributed by atoms with E-state index in [9.17, 15) is 5.11 Å². The van der Waals surface area contributed by atoms with E-state index in [0.29, 0.717) is 17.1 Å². The predicted octanol–water partition coefficient (Wildman–Crippen LogP) is 7.15. The van der Waals surface area contributed by atoms with Gasteiger partial charge in [-0.3, -0.25) is 0 Å². The SMILES string of the molecule is Cc1cc(N=Nc2cc(Sc3ccccc3)ccc2N)c(O)c(C(C)(C)C)c1. The van der Waals surface area contributed by atoms with Crippen molar-refractivity contribution >= 4 is 28.8 Å². The van der Waals surface area contributed by atoms with Gasteiger partial charge in [-0.05, 0) is 54.3 Å². The van der Waals surface area contributed by atoms with Crippen LogP contribution in [0.1, 0.15) is 31.9 Å². The molecule has 144 valence electrons. The fourth-order valence-electron chi connectivity index (χ4n) is 2.81. The summed E-state index contributed by atoms with van der Waals surface area (Å²) in [5.41, 5.74) is 9.35. The highest BCUT2D eigenvalue weighted by Gasteiger charge is 2.20. The zero-order valence-electron chi connectivity index (χ0n) is 16.6. The number of nitrogens with zero attached hydrogens (tertiary/aromatic N) is 2.